The van der Waals surface area contributed by atoms with Crippen molar-refractivity contribution in [3.63, 3.8) is 0 Å². The molecular formula is C15H15NO3. The number of hydrogen-bond donors (Lipinski definition) is 0. The molecule has 0 N–H and O–H groups in total. The van der Waals surface area contributed by atoms with Gasteiger partial charge in [0, 0.05) is 6.42 Å². The van der Waals surface area contributed by atoms with Gasteiger partial charge in [0.2, 0.25) is 0 Å². The van der Waals surface area contributed by atoms with E-state index in [0.717, 1.165) is 5.56 Å². The number of amides is 1. The maximum Gasteiger partial charge on any atom is 0.410 e. The molecule has 19 heavy (non-hydrogen) atoms. The summed E-state index contributed by atoms with van der Waals surface area (Å²) < 4.78 is 4.83. The van der Waals surface area contributed by atoms with Crippen LogP contribution in [0.3, 0.4) is 0 Å². The molecule has 1 aromatic rings. The fourth-order valence-electron chi connectivity index (χ4n) is 3.02. The average Bonchev–Trinajstić information content (AvgIpc) is 2.75. The van der Waals surface area contributed by atoms with Crippen LogP contribution in [0.4, 0.5) is 4.79 Å². The second-order valence-electron chi connectivity index (χ2n) is 4.88. The van der Waals surface area contributed by atoms with Crippen LogP contribution in [-0.2, 0) is 9.53 Å². The van der Waals surface area contributed by atoms with Crippen LogP contribution in [0.15, 0.2) is 42.5 Å². The van der Waals surface area contributed by atoms with Crippen molar-refractivity contribution in [1.29, 1.82) is 0 Å². The molecule has 0 spiro atoms. The molecule has 0 saturated carbocycles. The quantitative estimate of drug-likeness (QED) is 0.724. The first-order valence-electron chi connectivity index (χ1n) is 6.34. The number of nitrogens with zero attached hydrogens (tertiary/aromatic N) is 1. The smallest absolute Gasteiger partial charge is 0.410 e. The minimum absolute atomic E-state index is 0.148. The summed E-state index contributed by atoms with van der Waals surface area (Å²) in [4.78, 5) is 25.8. The second-order valence-corrected chi connectivity index (χ2v) is 4.88. The van der Waals surface area contributed by atoms with Gasteiger partial charge in [0.25, 0.3) is 0 Å². The molecule has 0 aliphatic carbocycles. The van der Waals surface area contributed by atoms with Crippen molar-refractivity contribution >= 4 is 11.9 Å². The van der Waals surface area contributed by atoms with E-state index in [4.69, 9.17) is 4.74 Å². The number of carbonyl (C=O) groups excluding carboxylic acids is 2. The maximum absolute atomic E-state index is 12.3. The second kappa shape index (κ2) is 4.53. The Labute approximate surface area is 111 Å². The third-order valence-electron chi connectivity index (χ3n) is 3.85. The molecule has 2 aliphatic heterocycles. The Morgan fingerprint density at radius 1 is 1.26 bits per heavy atom. The van der Waals surface area contributed by atoms with E-state index in [1.54, 1.807) is 4.90 Å². The largest absolute Gasteiger partial charge is 0.453 e. The lowest BCUT2D eigenvalue weighted by atomic mass is 9.83. The summed E-state index contributed by atoms with van der Waals surface area (Å²) in [6, 6.07) is 9.24. The molecule has 1 aromatic carbocycles. The molecule has 98 valence electrons. The number of carbonyl (C=O) groups is 2. The first-order valence-corrected chi connectivity index (χ1v) is 6.34. The zero-order valence-electron chi connectivity index (χ0n) is 10.7. The molecule has 1 fully saturated rings. The van der Waals surface area contributed by atoms with Crippen LogP contribution < -0.4 is 0 Å². The van der Waals surface area contributed by atoms with Gasteiger partial charge in [-0.15, -0.1) is 0 Å². The van der Waals surface area contributed by atoms with Gasteiger partial charge < -0.3 is 4.74 Å². The van der Waals surface area contributed by atoms with Crippen molar-refractivity contribution in [3.8, 4) is 0 Å². The van der Waals surface area contributed by atoms with Gasteiger partial charge in [-0.05, 0) is 5.56 Å². The fraction of sp³-hybridized carbons (Fsp3) is 0.333. The van der Waals surface area contributed by atoms with Crippen LogP contribution >= 0.6 is 0 Å². The highest BCUT2D eigenvalue weighted by Gasteiger charge is 2.46. The SMILES string of the molecule is COC(=O)N1[C@@H]2C=C[C@H]1[C@@H](c1ccccc1)C(=O)C2. The highest BCUT2D eigenvalue weighted by Crippen LogP contribution is 2.38. The summed E-state index contributed by atoms with van der Waals surface area (Å²) in [5.74, 6) is -0.0957. The molecule has 1 amide bonds. The van der Waals surface area contributed by atoms with Gasteiger partial charge in [0.05, 0.1) is 25.1 Å². The van der Waals surface area contributed by atoms with E-state index >= 15 is 0 Å². The number of ether oxygens (including phenoxy) is 1. The molecule has 4 heteroatoms. The van der Waals surface area contributed by atoms with Crippen molar-refractivity contribution in [2.45, 2.75) is 24.4 Å². The molecule has 1 saturated heterocycles. The first-order chi connectivity index (χ1) is 9.22. The van der Waals surface area contributed by atoms with Crippen LogP contribution in [0.5, 0.6) is 0 Å². The predicted molar refractivity (Wildman–Crippen MR) is 69.8 cm³/mol. The van der Waals surface area contributed by atoms with Crippen molar-refractivity contribution < 1.29 is 14.3 Å². The zero-order chi connectivity index (χ0) is 13.4. The summed E-state index contributed by atoms with van der Waals surface area (Å²) >= 11 is 0. The van der Waals surface area contributed by atoms with Gasteiger partial charge in [-0.1, -0.05) is 42.5 Å². The van der Waals surface area contributed by atoms with Crippen LogP contribution in [0, 0.1) is 0 Å². The average molecular weight is 257 g/mol. The third kappa shape index (κ3) is 1.84. The normalized spacial score (nSPS) is 28.6. The minimum Gasteiger partial charge on any atom is -0.453 e. The molecule has 0 radical (unpaired) electrons. The lowest BCUT2D eigenvalue weighted by molar-refractivity contribution is -0.124. The summed E-state index contributed by atoms with van der Waals surface area (Å²) in [6.45, 7) is 0. The number of benzene rings is 1. The first kappa shape index (κ1) is 12.0. The van der Waals surface area contributed by atoms with Gasteiger partial charge >= 0.3 is 6.09 Å². The number of Topliss-reactive ketones (excluding diaryl/α,β-unsaturated/α-hetero) is 1. The van der Waals surface area contributed by atoms with Crippen LogP contribution in [0.1, 0.15) is 17.9 Å². The van der Waals surface area contributed by atoms with Crippen LogP contribution in [-0.4, -0.2) is 36.0 Å². The number of rotatable bonds is 1. The Bertz CT molecular complexity index is 538. The van der Waals surface area contributed by atoms with Gasteiger partial charge in [-0.3, -0.25) is 9.69 Å². The van der Waals surface area contributed by atoms with Crippen molar-refractivity contribution in [3.05, 3.63) is 48.0 Å². The van der Waals surface area contributed by atoms with Crippen molar-refractivity contribution in [2.24, 2.45) is 0 Å². The molecule has 4 nitrogen and oxygen atoms in total. The van der Waals surface area contributed by atoms with E-state index in [-0.39, 0.29) is 29.9 Å². The van der Waals surface area contributed by atoms with E-state index in [0.29, 0.717) is 6.42 Å². The Hall–Kier alpha value is -2.10. The molecular weight excluding hydrogens is 242 g/mol. The van der Waals surface area contributed by atoms with Crippen molar-refractivity contribution in [2.75, 3.05) is 7.11 Å². The number of methoxy groups -OCH3 is 1. The Kier molecular flexibility index (Phi) is 2.85. The van der Waals surface area contributed by atoms with E-state index in [2.05, 4.69) is 0 Å². The molecule has 2 heterocycles. The minimum atomic E-state index is -0.367. The van der Waals surface area contributed by atoms with Gasteiger partial charge in [-0.2, -0.15) is 0 Å². The van der Waals surface area contributed by atoms with Crippen molar-refractivity contribution in [1.82, 2.24) is 4.90 Å². The molecule has 3 rings (SSSR count). The molecule has 0 unspecified atom stereocenters. The monoisotopic (exact) mass is 257 g/mol. The van der Waals surface area contributed by atoms with Crippen LogP contribution in [0.25, 0.3) is 0 Å². The van der Waals surface area contributed by atoms with Gasteiger partial charge in [0.1, 0.15) is 5.78 Å². The fourth-order valence-corrected chi connectivity index (χ4v) is 3.02. The number of hydrogen-bond acceptors (Lipinski definition) is 3. The highest BCUT2D eigenvalue weighted by atomic mass is 16.5. The summed E-state index contributed by atoms with van der Waals surface area (Å²) in [5.41, 5.74) is 0.955. The Balaban J connectivity index is 1.98. The summed E-state index contributed by atoms with van der Waals surface area (Å²) in [6.07, 6.45) is 3.88. The predicted octanol–water partition coefficient (Wildman–Crippen LogP) is 2.12. The van der Waals surface area contributed by atoms with E-state index in [9.17, 15) is 9.59 Å². The Morgan fingerprint density at radius 2 is 2.00 bits per heavy atom. The standard InChI is InChI=1S/C15H15NO3/c1-19-15(18)16-11-7-8-12(16)14(13(17)9-11)10-5-3-2-4-6-10/h2-8,11-12,14H,9H2,1H3/t11-,12+,14-/m1/s1. The molecule has 2 aliphatic rings. The number of piperidine rings is 1. The Morgan fingerprint density at radius 3 is 2.68 bits per heavy atom. The maximum atomic E-state index is 12.3. The summed E-state index contributed by atoms with van der Waals surface area (Å²) in [5, 5.41) is 0. The van der Waals surface area contributed by atoms with Crippen LogP contribution in [0.2, 0.25) is 0 Å². The lowest BCUT2D eigenvalue weighted by Crippen LogP contribution is -2.51. The summed E-state index contributed by atoms with van der Waals surface area (Å²) in [7, 11) is 1.37. The van der Waals surface area contributed by atoms with E-state index in [1.165, 1.54) is 7.11 Å². The lowest BCUT2D eigenvalue weighted by Gasteiger charge is -2.38. The number of fused-ring (bicyclic) bond motifs is 2. The van der Waals surface area contributed by atoms with E-state index < -0.39 is 0 Å². The van der Waals surface area contributed by atoms with Gasteiger partial charge in [-0.25, -0.2) is 4.79 Å². The molecule has 3 atom stereocenters. The zero-order valence-corrected chi connectivity index (χ0v) is 10.7. The topological polar surface area (TPSA) is 46.6 Å². The van der Waals surface area contributed by atoms with Gasteiger partial charge in [0.15, 0.2) is 0 Å². The molecule has 0 aromatic heterocycles. The molecule has 2 bridgehead atoms. The number of ketones is 1. The van der Waals surface area contributed by atoms with E-state index in [1.807, 2.05) is 42.5 Å². The third-order valence-corrected chi connectivity index (χ3v) is 3.85. The highest BCUT2D eigenvalue weighted by molar-refractivity contribution is 5.91.